The molecule has 0 aromatic rings. The summed E-state index contributed by atoms with van der Waals surface area (Å²) in [6, 6.07) is 0. The topological polar surface area (TPSA) is 0 Å². The van der Waals surface area contributed by atoms with Gasteiger partial charge in [0.2, 0.25) is 0 Å². The first kappa shape index (κ1) is 13.5. The van der Waals surface area contributed by atoms with Gasteiger partial charge in [-0.25, -0.2) is 0 Å². The van der Waals surface area contributed by atoms with Crippen LogP contribution in [0.15, 0.2) is 72.9 Å². The molecule has 90 valence electrons. The number of hydrogen-bond donors (Lipinski definition) is 0. The molecule has 0 fully saturated rings. The maximum absolute atomic E-state index is 2.25. The smallest absolute Gasteiger partial charge is 0.0348 e. The monoisotopic (exact) mass is 226 g/mol. The van der Waals surface area contributed by atoms with E-state index in [1.54, 1.807) is 0 Å². The lowest BCUT2D eigenvalue weighted by molar-refractivity contribution is 0.696. The van der Waals surface area contributed by atoms with Crippen molar-refractivity contribution < 1.29 is 0 Å². The van der Waals surface area contributed by atoms with Crippen molar-refractivity contribution in [2.45, 2.75) is 32.1 Å². The van der Waals surface area contributed by atoms with E-state index in [9.17, 15) is 0 Å². The molecule has 0 saturated carbocycles. The Bertz CT molecular complexity index is 301. The molecule has 1 aliphatic carbocycles. The molecule has 0 aromatic heterocycles. The van der Waals surface area contributed by atoms with E-state index in [4.69, 9.17) is 0 Å². The van der Waals surface area contributed by atoms with Crippen LogP contribution in [0, 0.1) is 0 Å². The predicted octanol–water partition coefficient (Wildman–Crippen LogP) is 5.29. The van der Waals surface area contributed by atoms with Crippen molar-refractivity contribution in [1.29, 1.82) is 0 Å². The van der Waals surface area contributed by atoms with Crippen LogP contribution in [0.3, 0.4) is 0 Å². The van der Waals surface area contributed by atoms with E-state index < -0.39 is 0 Å². The van der Waals surface area contributed by atoms with Crippen LogP contribution in [0.5, 0.6) is 0 Å². The van der Waals surface area contributed by atoms with Gasteiger partial charge in [-0.2, -0.15) is 0 Å². The van der Waals surface area contributed by atoms with E-state index in [0.717, 1.165) is 0 Å². The van der Waals surface area contributed by atoms with Crippen molar-refractivity contribution in [3.05, 3.63) is 72.9 Å². The molecule has 17 heavy (non-hydrogen) atoms. The Hall–Kier alpha value is -1.56. The highest BCUT2D eigenvalue weighted by Gasteiger charge is 1.84. The molecular formula is C17H22. The molecule has 0 heteroatoms. The van der Waals surface area contributed by atoms with Gasteiger partial charge in [0.05, 0.1) is 0 Å². The second-order valence-electron chi connectivity index (χ2n) is 4.03. The lowest BCUT2D eigenvalue weighted by atomic mass is 10.1. The van der Waals surface area contributed by atoms with Crippen LogP contribution in [0.2, 0.25) is 0 Å². The zero-order valence-electron chi connectivity index (χ0n) is 10.5. The van der Waals surface area contributed by atoms with Crippen molar-refractivity contribution in [2.24, 2.45) is 0 Å². The Morgan fingerprint density at radius 3 is 1.12 bits per heavy atom. The van der Waals surface area contributed by atoms with Gasteiger partial charge in [0.1, 0.15) is 0 Å². The van der Waals surface area contributed by atoms with Gasteiger partial charge in [-0.3, -0.25) is 0 Å². The molecule has 0 N–H and O–H groups in total. The Balaban J connectivity index is 2.45. The Morgan fingerprint density at radius 2 is 0.706 bits per heavy atom. The second kappa shape index (κ2) is 10.9. The minimum absolute atomic E-state index is 1.19. The first-order valence-corrected chi connectivity index (χ1v) is 6.48. The normalized spacial score (nSPS) is 27.8. The Labute approximate surface area is 105 Å². The van der Waals surface area contributed by atoms with Gasteiger partial charge in [-0.05, 0) is 25.7 Å². The van der Waals surface area contributed by atoms with Crippen molar-refractivity contribution in [1.82, 2.24) is 0 Å². The van der Waals surface area contributed by atoms with Gasteiger partial charge in [0, 0.05) is 0 Å². The van der Waals surface area contributed by atoms with Crippen LogP contribution >= 0.6 is 0 Å². The van der Waals surface area contributed by atoms with Gasteiger partial charge < -0.3 is 0 Å². The van der Waals surface area contributed by atoms with Gasteiger partial charge in [0.25, 0.3) is 0 Å². The van der Waals surface area contributed by atoms with Gasteiger partial charge >= 0.3 is 0 Å². The molecule has 0 nitrogen and oxygen atoms in total. The summed E-state index contributed by atoms with van der Waals surface area (Å²) < 4.78 is 0. The zero-order valence-corrected chi connectivity index (χ0v) is 10.5. The summed E-state index contributed by atoms with van der Waals surface area (Å²) in [5, 5.41) is 0. The first-order chi connectivity index (χ1) is 8.50. The molecule has 0 heterocycles. The van der Waals surface area contributed by atoms with E-state index in [-0.39, 0.29) is 0 Å². The summed E-state index contributed by atoms with van der Waals surface area (Å²) in [4.78, 5) is 0. The first-order valence-electron chi connectivity index (χ1n) is 6.48. The third-order valence-corrected chi connectivity index (χ3v) is 2.51. The standard InChI is InChI=1S/C17H22/c1-2-4-6-8-10-12-14-16-17-15-13-11-9-7-5-3-1/h1-12H,13-17H2/b3-1-,4-2+,7-5+,8-6+,11-9?,12-10-. The van der Waals surface area contributed by atoms with Gasteiger partial charge in [0.15, 0.2) is 0 Å². The Kier molecular flexibility index (Phi) is 8.69. The summed E-state index contributed by atoms with van der Waals surface area (Å²) in [5.41, 5.74) is 0. The second-order valence-corrected chi connectivity index (χ2v) is 4.03. The maximum Gasteiger partial charge on any atom is -0.0348 e. The minimum atomic E-state index is 1.19. The van der Waals surface area contributed by atoms with E-state index in [0.29, 0.717) is 0 Å². The third-order valence-electron chi connectivity index (χ3n) is 2.51. The summed E-state index contributed by atoms with van der Waals surface area (Å²) in [6.07, 6.45) is 31.5. The van der Waals surface area contributed by atoms with Crippen LogP contribution in [-0.2, 0) is 0 Å². The number of allylic oxidation sites excluding steroid dienone is 12. The third kappa shape index (κ3) is 9.37. The largest absolute Gasteiger partial charge is 0.0845 e. The lowest BCUT2D eigenvalue weighted by Gasteiger charge is -1.94. The van der Waals surface area contributed by atoms with Crippen LogP contribution in [0.4, 0.5) is 0 Å². The molecule has 0 amide bonds. The summed E-state index contributed by atoms with van der Waals surface area (Å²) in [7, 11) is 0. The quantitative estimate of drug-likeness (QED) is 0.526. The van der Waals surface area contributed by atoms with Crippen molar-refractivity contribution in [3.63, 3.8) is 0 Å². The van der Waals surface area contributed by atoms with E-state index in [1.807, 2.05) is 24.3 Å². The average molecular weight is 226 g/mol. The molecule has 0 atom stereocenters. The molecule has 1 aliphatic rings. The predicted molar refractivity (Wildman–Crippen MR) is 77.9 cm³/mol. The number of hydrogen-bond acceptors (Lipinski definition) is 0. The molecular weight excluding hydrogens is 204 g/mol. The molecule has 0 bridgehead atoms. The molecule has 0 aliphatic heterocycles. The fraction of sp³-hybridized carbons (Fsp3) is 0.294. The molecule has 0 spiro atoms. The fourth-order valence-electron chi connectivity index (χ4n) is 1.56. The highest BCUT2D eigenvalue weighted by Crippen LogP contribution is 2.04. The van der Waals surface area contributed by atoms with Gasteiger partial charge in [-0.1, -0.05) is 79.3 Å². The summed E-state index contributed by atoms with van der Waals surface area (Å²) in [5.74, 6) is 0. The lowest BCUT2D eigenvalue weighted by Crippen LogP contribution is -1.74. The number of rotatable bonds is 0. The van der Waals surface area contributed by atoms with E-state index >= 15 is 0 Å². The minimum Gasteiger partial charge on any atom is -0.0845 e. The van der Waals surface area contributed by atoms with Crippen LogP contribution in [0.1, 0.15) is 32.1 Å². The Morgan fingerprint density at radius 1 is 0.353 bits per heavy atom. The maximum atomic E-state index is 2.25. The highest BCUT2D eigenvalue weighted by atomic mass is 13.9. The molecule has 1 rings (SSSR count). The highest BCUT2D eigenvalue weighted by molar-refractivity contribution is 5.19. The van der Waals surface area contributed by atoms with Crippen molar-refractivity contribution in [3.8, 4) is 0 Å². The fourth-order valence-corrected chi connectivity index (χ4v) is 1.56. The summed E-state index contributed by atoms with van der Waals surface area (Å²) in [6.45, 7) is 0. The van der Waals surface area contributed by atoms with Crippen molar-refractivity contribution in [2.75, 3.05) is 0 Å². The summed E-state index contributed by atoms with van der Waals surface area (Å²) >= 11 is 0. The molecule has 0 aromatic carbocycles. The van der Waals surface area contributed by atoms with Crippen LogP contribution in [0.25, 0.3) is 0 Å². The molecule has 0 unspecified atom stereocenters. The zero-order chi connectivity index (χ0) is 12.0. The van der Waals surface area contributed by atoms with E-state index in [2.05, 4.69) is 48.6 Å². The molecule has 0 radical (unpaired) electrons. The van der Waals surface area contributed by atoms with Crippen LogP contribution < -0.4 is 0 Å². The average Bonchev–Trinajstić information content (AvgIpc) is 2.35. The SMILES string of the molecule is C1=CCCCCC\C=C/C=C/C=C/C=C\C=C\1. The molecule has 0 saturated heterocycles. The van der Waals surface area contributed by atoms with Crippen molar-refractivity contribution >= 4 is 0 Å². The van der Waals surface area contributed by atoms with Gasteiger partial charge in [-0.15, -0.1) is 0 Å². The van der Waals surface area contributed by atoms with Crippen LogP contribution in [-0.4, -0.2) is 0 Å². The van der Waals surface area contributed by atoms with E-state index in [1.165, 1.54) is 32.1 Å².